The van der Waals surface area contributed by atoms with E-state index in [2.05, 4.69) is 30.7 Å². The molecule has 1 amide bonds. The van der Waals surface area contributed by atoms with Crippen molar-refractivity contribution in [3.63, 3.8) is 0 Å². The molecule has 13 heteroatoms. The second kappa shape index (κ2) is 8.75. The first-order valence-electron chi connectivity index (χ1n) is 9.72. The van der Waals surface area contributed by atoms with E-state index in [1.807, 2.05) is 19.9 Å². The van der Waals surface area contributed by atoms with E-state index in [-0.39, 0.29) is 25.2 Å². The number of carbonyl (C=O) groups is 1. The second-order valence-corrected chi connectivity index (χ2v) is 6.97. The van der Waals surface area contributed by atoms with Gasteiger partial charge in [0.1, 0.15) is 19.2 Å². The summed E-state index contributed by atoms with van der Waals surface area (Å²) in [6, 6.07) is 7.67. The van der Waals surface area contributed by atoms with Gasteiger partial charge in [-0.1, -0.05) is 0 Å². The van der Waals surface area contributed by atoms with Crippen molar-refractivity contribution < 1.29 is 4.79 Å². The normalized spacial score (nSPS) is 10.9. The number of aromatic nitrogens is 9. The Hall–Kier alpha value is -4.42. The van der Waals surface area contributed by atoms with Crippen LogP contribution in [0, 0.1) is 13.8 Å². The molecular weight excluding hydrogens is 416 g/mol. The maximum Gasteiger partial charge on any atom is 0.267 e. The van der Waals surface area contributed by atoms with Crippen molar-refractivity contribution in [2.24, 2.45) is 0 Å². The molecule has 4 rings (SSSR count). The number of carbonyl (C=O) groups excluding carboxylic acids is 1. The van der Waals surface area contributed by atoms with Crippen LogP contribution in [0.5, 0.6) is 0 Å². The summed E-state index contributed by atoms with van der Waals surface area (Å²) in [4.78, 5) is 40.4. The van der Waals surface area contributed by atoms with Gasteiger partial charge in [-0.05, 0) is 32.0 Å². The largest absolute Gasteiger partial charge is 0.353 e. The molecule has 4 aromatic rings. The van der Waals surface area contributed by atoms with Crippen LogP contribution in [0.3, 0.4) is 0 Å². The number of hydrogen-bond acceptors (Lipinski definition) is 8. The molecule has 0 saturated heterocycles. The smallest absolute Gasteiger partial charge is 0.267 e. The van der Waals surface area contributed by atoms with Gasteiger partial charge in [-0.3, -0.25) is 14.4 Å². The van der Waals surface area contributed by atoms with Crippen molar-refractivity contribution in [3.05, 3.63) is 75.1 Å². The molecule has 0 unspecified atom stereocenters. The zero-order chi connectivity index (χ0) is 22.7. The SMILES string of the molecule is Cc1cc(C)n(-c2ccc(=O)n(CC(=O)NCCn3nc(-n4cncn4)ccc3=O)n2)n1. The highest BCUT2D eigenvalue weighted by molar-refractivity contribution is 5.75. The molecule has 0 aliphatic rings. The molecule has 0 aliphatic heterocycles. The molecule has 32 heavy (non-hydrogen) atoms. The van der Waals surface area contributed by atoms with Crippen LogP contribution in [-0.4, -0.2) is 56.6 Å². The molecule has 4 heterocycles. The Morgan fingerprint density at radius 2 is 1.69 bits per heavy atom. The van der Waals surface area contributed by atoms with E-state index in [0.29, 0.717) is 11.6 Å². The maximum absolute atomic E-state index is 12.3. The number of nitrogens with zero attached hydrogens (tertiary/aromatic N) is 9. The summed E-state index contributed by atoms with van der Waals surface area (Å²) in [6.45, 7) is 3.74. The zero-order valence-electron chi connectivity index (χ0n) is 17.4. The van der Waals surface area contributed by atoms with E-state index >= 15 is 0 Å². The number of rotatable bonds is 7. The van der Waals surface area contributed by atoms with E-state index < -0.39 is 11.5 Å². The molecule has 0 fully saturated rings. The average Bonchev–Trinajstić information content (AvgIpc) is 3.41. The summed E-state index contributed by atoms with van der Waals surface area (Å²) >= 11 is 0. The van der Waals surface area contributed by atoms with Crippen LogP contribution < -0.4 is 16.4 Å². The maximum atomic E-state index is 12.3. The number of nitrogens with one attached hydrogen (secondary N) is 1. The lowest BCUT2D eigenvalue weighted by atomic mass is 10.4. The summed E-state index contributed by atoms with van der Waals surface area (Å²) in [5.74, 6) is 0.430. The van der Waals surface area contributed by atoms with E-state index in [4.69, 9.17) is 0 Å². The highest BCUT2D eigenvalue weighted by atomic mass is 16.2. The van der Waals surface area contributed by atoms with Crippen LogP contribution in [0.1, 0.15) is 11.4 Å². The number of amides is 1. The van der Waals surface area contributed by atoms with Gasteiger partial charge in [0.25, 0.3) is 11.1 Å². The third-order valence-electron chi connectivity index (χ3n) is 4.52. The standard InChI is InChI=1S/C19H20N10O3/c1-13-9-14(2)29(23-13)16-4-6-19(32)27(25-16)10-17(30)21-7-8-26-18(31)5-3-15(24-26)28-12-20-11-22-28/h3-6,9,11-12H,7-8,10H2,1-2H3,(H,21,30). The molecule has 0 saturated carbocycles. The average molecular weight is 436 g/mol. The predicted octanol–water partition coefficient (Wildman–Crippen LogP) is -1.00. The Morgan fingerprint density at radius 3 is 2.38 bits per heavy atom. The van der Waals surface area contributed by atoms with Crippen LogP contribution in [0.2, 0.25) is 0 Å². The Kier molecular flexibility index (Phi) is 5.70. The van der Waals surface area contributed by atoms with Crippen LogP contribution in [0.15, 0.2) is 52.6 Å². The van der Waals surface area contributed by atoms with Crippen molar-refractivity contribution in [1.82, 2.24) is 49.4 Å². The summed E-state index contributed by atoms with van der Waals surface area (Å²) in [5, 5.41) is 19.4. The minimum atomic E-state index is -0.425. The van der Waals surface area contributed by atoms with Crippen LogP contribution in [0.25, 0.3) is 11.6 Å². The molecule has 164 valence electrons. The van der Waals surface area contributed by atoms with Crippen molar-refractivity contribution in [2.75, 3.05) is 6.54 Å². The Bertz CT molecular complexity index is 1370. The van der Waals surface area contributed by atoms with Gasteiger partial charge in [0.15, 0.2) is 11.6 Å². The first-order valence-corrected chi connectivity index (χ1v) is 9.72. The zero-order valence-corrected chi connectivity index (χ0v) is 17.4. The summed E-state index contributed by atoms with van der Waals surface area (Å²) in [6.07, 6.45) is 2.82. The Balaban J connectivity index is 1.40. The molecule has 0 bridgehead atoms. The topological polar surface area (TPSA) is 147 Å². The predicted molar refractivity (Wildman–Crippen MR) is 112 cm³/mol. The lowest BCUT2D eigenvalue weighted by molar-refractivity contribution is -0.121. The van der Waals surface area contributed by atoms with Gasteiger partial charge in [0.2, 0.25) is 5.91 Å². The number of hydrogen-bond donors (Lipinski definition) is 1. The van der Waals surface area contributed by atoms with Crippen molar-refractivity contribution >= 4 is 5.91 Å². The van der Waals surface area contributed by atoms with Gasteiger partial charge in [-0.25, -0.2) is 23.7 Å². The van der Waals surface area contributed by atoms with Gasteiger partial charge >= 0.3 is 0 Å². The lowest BCUT2D eigenvalue weighted by Gasteiger charge is -2.10. The molecule has 4 aromatic heterocycles. The lowest BCUT2D eigenvalue weighted by Crippen LogP contribution is -2.37. The minimum Gasteiger partial charge on any atom is -0.353 e. The van der Waals surface area contributed by atoms with E-state index in [9.17, 15) is 14.4 Å². The highest BCUT2D eigenvalue weighted by Crippen LogP contribution is 2.07. The quantitative estimate of drug-likeness (QED) is 0.388. The summed E-state index contributed by atoms with van der Waals surface area (Å²) in [7, 11) is 0. The van der Waals surface area contributed by atoms with Gasteiger partial charge < -0.3 is 5.32 Å². The van der Waals surface area contributed by atoms with Crippen molar-refractivity contribution in [3.8, 4) is 11.6 Å². The molecule has 0 aromatic carbocycles. The van der Waals surface area contributed by atoms with E-state index in [1.54, 1.807) is 10.7 Å². The molecule has 0 aliphatic carbocycles. The van der Waals surface area contributed by atoms with Gasteiger partial charge in [0, 0.05) is 24.4 Å². The third kappa shape index (κ3) is 4.50. The fourth-order valence-electron chi connectivity index (χ4n) is 3.07. The van der Waals surface area contributed by atoms with Crippen LogP contribution >= 0.6 is 0 Å². The minimum absolute atomic E-state index is 0.137. The fraction of sp³-hybridized carbons (Fsp3) is 0.263. The fourth-order valence-corrected chi connectivity index (χ4v) is 3.07. The molecule has 0 atom stereocenters. The molecule has 0 radical (unpaired) electrons. The van der Waals surface area contributed by atoms with E-state index in [0.717, 1.165) is 16.1 Å². The molecule has 13 nitrogen and oxygen atoms in total. The Labute approximate surface area is 180 Å². The molecule has 1 N–H and O–H groups in total. The van der Waals surface area contributed by atoms with Gasteiger partial charge in [-0.2, -0.15) is 10.2 Å². The molecular formula is C19H20N10O3. The second-order valence-electron chi connectivity index (χ2n) is 6.97. The van der Waals surface area contributed by atoms with Crippen LogP contribution in [0.4, 0.5) is 0 Å². The van der Waals surface area contributed by atoms with Gasteiger partial charge in [-0.15, -0.1) is 10.2 Å². The van der Waals surface area contributed by atoms with Gasteiger partial charge in [0.05, 0.1) is 12.2 Å². The summed E-state index contributed by atoms with van der Waals surface area (Å²) in [5.41, 5.74) is 0.940. The monoisotopic (exact) mass is 436 g/mol. The Morgan fingerprint density at radius 1 is 0.969 bits per heavy atom. The van der Waals surface area contributed by atoms with Crippen molar-refractivity contribution in [1.29, 1.82) is 0 Å². The first-order chi connectivity index (χ1) is 15.4. The number of aryl methyl sites for hydroxylation is 2. The van der Waals surface area contributed by atoms with E-state index in [1.165, 1.54) is 40.2 Å². The third-order valence-corrected chi connectivity index (χ3v) is 4.52. The first kappa shape index (κ1) is 20.8. The highest BCUT2D eigenvalue weighted by Gasteiger charge is 2.11. The van der Waals surface area contributed by atoms with Crippen LogP contribution in [-0.2, 0) is 17.9 Å². The molecule has 0 spiro atoms. The van der Waals surface area contributed by atoms with Crippen molar-refractivity contribution in [2.45, 2.75) is 26.9 Å². The summed E-state index contributed by atoms with van der Waals surface area (Å²) < 4.78 is 5.30.